The normalized spacial score (nSPS) is 18.9. The molecule has 18 heavy (non-hydrogen) atoms. The van der Waals surface area contributed by atoms with Crippen molar-refractivity contribution < 1.29 is 5.11 Å². The molecule has 2 nitrogen and oxygen atoms in total. The zero-order chi connectivity index (χ0) is 12.6. The lowest BCUT2D eigenvalue weighted by molar-refractivity contribution is 0.00895. The van der Waals surface area contributed by atoms with Gasteiger partial charge in [0.15, 0.2) is 0 Å². The van der Waals surface area contributed by atoms with Crippen molar-refractivity contribution in [1.82, 2.24) is 0 Å². The van der Waals surface area contributed by atoms with Gasteiger partial charge in [0.1, 0.15) is 0 Å². The van der Waals surface area contributed by atoms with Crippen LogP contribution < -0.4 is 0 Å². The highest BCUT2D eigenvalue weighted by molar-refractivity contribution is 5.86. The summed E-state index contributed by atoms with van der Waals surface area (Å²) in [5.74, 6) is 0. The first kappa shape index (κ1) is 11.3. The Balaban J connectivity index is 2.12. The van der Waals surface area contributed by atoms with Gasteiger partial charge in [-0.3, -0.25) is 0 Å². The van der Waals surface area contributed by atoms with Crippen LogP contribution in [0.4, 0.5) is 0 Å². The summed E-state index contributed by atoms with van der Waals surface area (Å²) in [5, 5.41) is 22.1. The fraction of sp³-hybridized carbons (Fsp3) is 0.312. The fourth-order valence-electron chi connectivity index (χ4n) is 2.79. The third-order valence-corrected chi connectivity index (χ3v) is 4.11. The van der Waals surface area contributed by atoms with Gasteiger partial charge in [-0.1, -0.05) is 48.9 Å². The van der Waals surface area contributed by atoms with Crippen molar-refractivity contribution in [2.45, 2.75) is 25.4 Å². The maximum Gasteiger partial charge on any atom is 0.0982 e. The third-order valence-electron chi connectivity index (χ3n) is 4.11. The van der Waals surface area contributed by atoms with Crippen molar-refractivity contribution >= 4 is 10.8 Å². The highest BCUT2D eigenvalue weighted by Crippen LogP contribution is 2.50. The topological polar surface area (TPSA) is 44.0 Å². The summed E-state index contributed by atoms with van der Waals surface area (Å²) in [4.78, 5) is 0. The van der Waals surface area contributed by atoms with Crippen LogP contribution in [0.25, 0.3) is 10.8 Å². The molecule has 1 atom stereocenters. The van der Waals surface area contributed by atoms with E-state index in [1.165, 1.54) is 0 Å². The van der Waals surface area contributed by atoms with E-state index < -0.39 is 11.5 Å². The van der Waals surface area contributed by atoms with Gasteiger partial charge < -0.3 is 5.11 Å². The molecule has 0 radical (unpaired) electrons. The Kier molecular flexibility index (Phi) is 2.57. The molecule has 90 valence electrons. The van der Waals surface area contributed by atoms with E-state index in [2.05, 4.69) is 6.07 Å². The van der Waals surface area contributed by atoms with E-state index in [1.54, 1.807) is 0 Å². The summed E-state index contributed by atoms with van der Waals surface area (Å²) < 4.78 is 0. The van der Waals surface area contributed by atoms with Gasteiger partial charge in [-0.25, -0.2) is 0 Å². The van der Waals surface area contributed by atoms with Crippen LogP contribution in [0, 0.1) is 16.7 Å². The van der Waals surface area contributed by atoms with Gasteiger partial charge >= 0.3 is 0 Å². The molecule has 0 aromatic heterocycles. The van der Waals surface area contributed by atoms with Gasteiger partial charge in [0.05, 0.1) is 17.6 Å². The minimum absolute atomic E-state index is 0.565. The second kappa shape index (κ2) is 4.12. The van der Waals surface area contributed by atoms with Crippen LogP contribution in [0.5, 0.6) is 0 Å². The van der Waals surface area contributed by atoms with Crippen LogP contribution in [0.2, 0.25) is 0 Å². The Labute approximate surface area is 106 Å². The van der Waals surface area contributed by atoms with E-state index in [9.17, 15) is 10.4 Å². The summed E-state index contributed by atoms with van der Waals surface area (Å²) in [6, 6.07) is 16.2. The molecule has 1 N–H and O–H groups in total. The summed E-state index contributed by atoms with van der Waals surface area (Å²) >= 11 is 0. The van der Waals surface area contributed by atoms with Crippen LogP contribution in [-0.4, -0.2) is 5.11 Å². The molecule has 2 aromatic rings. The van der Waals surface area contributed by atoms with Crippen molar-refractivity contribution in [3.05, 3.63) is 48.0 Å². The lowest BCUT2D eigenvalue weighted by Gasteiger charge is -2.39. The van der Waals surface area contributed by atoms with Crippen LogP contribution in [0.15, 0.2) is 42.5 Å². The van der Waals surface area contributed by atoms with E-state index in [1.807, 2.05) is 42.5 Å². The number of benzene rings is 2. The van der Waals surface area contributed by atoms with Crippen molar-refractivity contribution in [2.24, 2.45) is 5.41 Å². The molecular formula is C16H15NO. The summed E-state index contributed by atoms with van der Waals surface area (Å²) in [6.45, 7) is 0. The highest BCUT2D eigenvalue weighted by Gasteiger charge is 2.45. The highest BCUT2D eigenvalue weighted by atomic mass is 16.3. The van der Waals surface area contributed by atoms with Crippen LogP contribution in [-0.2, 0) is 0 Å². The molecule has 0 heterocycles. The molecule has 1 aliphatic carbocycles. The molecular weight excluding hydrogens is 222 g/mol. The van der Waals surface area contributed by atoms with Gasteiger partial charge in [0.25, 0.3) is 0 Å². The Morgan fingerprint density at radius 1 is 1.11 bits per heavy atom. The van der Waals surface area contributed by atoms with E-state index in [4.69, 9.17) is 0 Å². The van der Waals surface area contributed by atoms with Crippen LogP contribution in [0.1, 0.15) is 30.9 Å². The van der Waals surface area contributed by atoms with E-state index in [0.717, 1.165) is 35.6 Å². The molecule has 1 aliphatic rings. The minimum Gasteiger partial charge on any atom is -0.387 e. The molecule has 2 heteroatoms. The molecule has 0 aliphatic heterocycles. The molecule has 0 saturated heterocycles. The minimum atomic E-state index is -0.678. The lowest BCUT2D eigenvalue weighted by Crippen LogP contribution is -2.34. The summed E-state index contributed by atoms with van der Waals surface area (Å²) in [6.07, 6.45) is 1.96. The number of aliphatic hydroxyl groups excluding tert-OH is 1. The molecule has 0 amide bonds. The van der Waals surface area contributed by atoms with Crippen LogP contribution >= 0.6 is 0 Å². The zero-order valence-corrected chi connectivity index (χ0v) is 10.1. The number of aliphatic hydroxyl groups is 1. The molecule has 0 bridgehead atoms. The van der Waals surface area contributed by atoms with E-state index in [-0.39, 0.29) is 0 Å². The van der Waals surface area contributed by atoms with E-state index >= 15 is 0 Å². The number of fused-ring (bicyclic) bond motifs is 1. The number of rotatable bonds is 2. The lowest BCUT2D eigenvalue weighted by atomic mass is 9.64. The van der Waals surface area contributed by atoms with Gasteiger partial charge in [0, 0.05) is 0 Å². The first-order valence-corrected chi connectivity index (χ1v) is 6.34. The molecule has 0 spiro atoms. The quantitative estimate of drug-likeness (QED) is 0.867. The average molecular weight is 237 g/mol. The Hall–Kier alpha value is -1.85. The van der Waals surface area contributed by atoms with Crippen molar-refractivity contribution in [1.29, 1.82) is 5.26 Å². The number of hydrogen-bond acceptors (Lipinski definition) is 2. The molecule has 1 fully saturated rings. The number of nitriles is 1. The van der Waals surface area contributed by atoms with Gasteiger partial charge in [-0.15, -0.1) is 0 Å². The first-order valence-electron chi connectivity index (χ1n) is 6.34. The molecule has 1 unspecified atom stereocenters. The number of nitrogens with zero attached hydrogens (tertiary/aromatic N) is 1. The molecule has 2 aromatic carbocycles. The standard InChI is InChI=1S/C16H15NO/c17-11-16(9-4-10-16)15(18)14-8-3-6-12-5-1-2-7-13(12)14/h1-3,5-8,15,18H,4,9-10H2. The average Bonchev–Trinajstić information content (AvgIpc) is 2.37. The predicted molar refractivity (Wildman–Crippen MR) is 70.8 cm³/mol. The maximum atomic E-state index is 10.6. The summed E-state index contributed by atoms with van der Waals surface area (Å²) in [5.41, 5.74) is 0.318. The van der Waals surface area contributed by atoms with Gasteiger partial charge in [-0.2, -0.15) is 5.26 Å². The largest absolute Gasteiger partial charge is 0.387 e. The van der Waals surface area contributed by atoms with E-state index in [0.29, 0.717) is 0 Å². The molecule has 1 saturated carbocycles. The second-order valence-corrected chi connectivity index (χ2v) is 5.09. The zero-order valence-electron chi connectivity index (χ0n) is 10.1. The second-order valence-electron chi connectivity index (χ2n) is 5.09. The number of hydrogen-bond donors (Lipinski definition) is 1. The van der Waals surface area contributed by atoms with Crippen LogP contribution in [0.3, 0.4) is 0 Å². The maximum absolute atomic E-state index is 10.6. The van der Waals surface area contributed by atoms with Crippen molar-refractivity contribution in [3.8, 4) is 6.07 Å². The summed E-state index contributed by atoms with van der Waals surface area (Å²) in [7, 11) is 0. The van der Waals surface area contributed by atoms with Gasteiger partial charge in [0.2, 0.25) is 0 Å². The first-order chi connectivity index (χ1) is 8.77. The fourth-order valence-corrected chi connectivity index (χ4v) is 2.79. The Morgan fingerprint density at radius 2 is 1.83 bits per heavy atom. The van der Waals surface area contributed by atoms with Gasteiger partial charge in [-0.05, 0) is 29.2 Å². The molecule has 3 rings (SSSR count). The SMILES string of the molecule is N#CC1(C(O)c2cccc3ccccc23)CCC1. The Bertz CT molecular complexity index is 617. The predicted octanol–water partition coefficient (Wildman–Crippen LogP) is 3.57. The van der Waals surface area contributed by atoms with Crippen molar-refractivity contribution in [2.75, 3.05) is 0 Å². The Morgan fingerprint density at radius 3 is 2.50 bits per heavy atom. The smallest absolute Gasteiger partial charge is 0.0982 e. The third kappa shape index (κ3) is 1.52. The monoisotopic (exact) mass is 237 g/mol. The van der Waals surface area contributed by atoms with Crippen molar-refractivity contribution in [3.63, 3.8) is 0 Å².